The van der Waals surface area contributed by atoms with E-state index >= 15 is 0 Å². The van der Waals surface area contributed by atoms with Gasteiger partial charge in [0.25, 0.3) is 5.91 Å². The lowest BCUT2D eigenvalue weighted by atomic mass is 9.97. The second kappa shape index (κ2) is 9.67. The van der Waals surface area contributed by atoms with Gasteiger partial charge in [0.15, 0.2) is 6.10 Å². The number of esters is 1. The molecule has 0 unspecified atom stereocenters. The highest BCUT2D eigenvalue weighted by Gasteiger charge is 2.30. The average molecular weight is 336 g/mol. The Morgan fingerprint density at radius 3 is 2.33 bits per heavy atom. The molecule has 0 aliphatic heterocycles. The van der Waals surface area contributed by atoms with Crippen LogP contribution in [0.2, 0.25) is 0 Å². The first-order valence-electron chi connectivity index (χ1n) is 7.73. The van der Waals surface area contributed by atoms with E-state index in [0.717, 1.165) is 0 Å². The molecule has 0 aliphatic rings. The van der Waals surface area contributed by atoms with Crippen molar-refractivity contribution in [2.45, 2.75) is 32.4 Å². The van der Waals surface area contributed by atoms with Crippen LogP contribution in [0, 0.1) is 5.92 Å². The topological polar surface area (TPSA) is 108 Å². The smallest absolute Gasteiger partial charge is 0.306 e. The van der Waals surface area contributed by atoms with Crippen molar-refractivity contribution in [1.29, 1.82) is 0 Å². The molecule has 0 heterocycles. The van der Waals surface area contributed by atoms with E-state index in [-0.39, 0.29) is 13.0 Å². The highest BCUT2D eigenvalue weighted by atomic mass is 16.5. The van der Waals surface area contributed by atoms with Crippen molar-refractivity contribution in [3.8, 4) is 0 Å². The number of amides is 2. The van der Waals surface area contributed by atoms with Crippen LogP contribution < -0.4 is 11.1 Å². The normalized spacial score (nSPS) is 14.3. The van der Waals surface area contributed by atoms with Crippen molar-refractivity contribution in [2.75, 3.05) is 13.7 Å². The maximum atomic E-state index is 12.4. The van der Waals surface area contributed by atoms with Gasteiger partial charge in [0.1, 0.15) is 6.04 Å². The standard InChI is InChI=1S/C17H24N2O5/c1-4-24-13(20)10-11(2)14(16(18)21)19-17(22)15(23-3)12-8-6-5-7-9-12/h5-9,11,14-15H,4,10H2,1-3H3,(H2,18,21)(H,19,22)/t11-,14+,15-/m1/s1. The van der Waals surface area contributed by atoms with Crippen LogP contribution in [0.5, 0.6) is 0 Å². The zero-order chi connectivity index (χ0) is 18.1. The highest BCUT2D eigenvalue weighted by molar-refractivity contribution is 5.89. The summed E-state index contributed by atoms with van der Waals surface area (Å²) in [6, 6.07) is 7.88. The summed E-state index contributed by atoms with van der Waals surface area (Å²) in [7, 11) is 1.40. The number of nitrogens with two attached hydrogens (primary N) is 1. The number of hydrogen-bond acceptors (Lipinski definition) is 5. The fourth-order valence-electron chi connectivity index (χ4n) is 2.35. The predicted molar refractivity (Wildman–Crippen MR) is 87.7 cm³/mol. The molecular weight excluding hydrogens is 312 g/mol. The number of hydrogen-bond donors (Lipinski definition) is 2. The van der Waals surface area contributed by atoms with Crippen LogP contribution >= 0.6 is 0 Å². The number of primary amides is 1. The van der Waals surface area contributed by atoms with E-state index in [0.29, 0.717) is 5.56 Å². The molecule has 2 amide bonds. The van der Waals surface area contributed by atoms with Crippen molar-refractivity contribution in [1.82, 2.24) is 5.32 Å². The van der Waals surface area contributed by atoms with Gasteiger partial charge in [-0.15, -0.1) is 0 Å². The summed E-state index contributed by atoms with van der Waals surface area (Å²) < 4.78 is 10.1. The molecule has 0 bridgehead atoms. The molecule has 1 aromatic rings. The Morgan fingerprint density at radius 1 is 1.21 bits per heavy atom. The summed E-state index contributed by atoms with van der Waals surface area (Å²) >= 11 is 0. The lowest BCUT2D eigenvalue weighted by molar-refractivity contribution is -0.145. The molecule has 0 aliphatic carbocycles. The van der Waals surface area contributed by atoms with Crippen LogP contribution in [0.1, 0.15) is 31.9 Å². The fourth-order valence-corrected chi connectivity index (χ4v) is 2.35. The maximum Gasteiger partial charge on any atom is 0.306 e. The minimum atomic E-state index is -0.997. The van der Waals surface area contributed by atoms with E-state index in [2.05, 4.69) is 5.32 Å². The molecule has 132 valence electrons. The monoisotopic (exact) mass is 336 g/mol. The first kappa shape index (κ1) is 19.6. The third-order valence-corrected chi connectivity index (χ3v) is 3.54. The van der Waals surface area contributed by atoms with Crippen LogP contribution in [0.3, 0.4) is 0 Å². The van der Waals surface area contributed by atoms with Crippen LogP contribution in [0.15, 0.2) is 30.3 Å². The Kier molecular flexibility index (Phi) is 7.91. The third kappa shape index (κ3) is 5.66. The molecule has 24 heavy (non-hydrogen) atoms. The van der Waals surface area contributed by atoms with Gasteiger partial charge >= 0.3 is 5.97 Å². The van der Waals surface area contributed by atoms with Crippen molar-refractivity contribution in [2.24, 2.45) is 11.7 Å². The van der Waals surface area contributed by atoms with E-state index in [1.165, 1.54) is 7.11 Å². The molecule has 0 radical (unpaired) electrons. The summed E-state index contributed by atoms with van der Waals surface area (Å²) in [5.41, 5.74) is 6.02. The first-order chi connectivity index (χ1) is 11.4. The Bertz CT molecular complexity index is 561. The van der Waals surface area contributed by atoms with Gasteiger partial charge in [-0.05, 0) is 18.4 Å². The zero-order valence-corrected chi connectivity index (χ0v) is 14.2. The second-order valence-electron chi connectivity index (χ2n) is 5.40. The average Bonchev–Trinajstić information content (AvgIpc) is 2.54. The molecular formula is C17H24N2O5. The van der Waals surface area contributed by atoms with E-state index in [1.54, 1.807) is 38.1 Å². The van der Waals surface area contributed by atoms with Crippen LogP contribution in [-0.2, 0) is 23.9 Å². The number of ether oxygens (including phenoxy) is 2. The molecule has 7 heteroatoms. The van der Waals surface area contributed by atoms with Gasteiger partial charge in [-0.25, -0.2) is 0 Å². The summed E-state index contributed by atoms with van der Waals surface area (Å²) in [5, 5.41) is 2.57. The summed E-state index contributed by atoms with van der Waals surface area (Å²) in [6.07, 6.45) is -0.895. The molecule has 3 atom stereocenters. The SMILES string of the molecule is CCOC(=O)C[C@@H](C)[C@H](NC(=O)[C@H](OC)c1ccccc1)C(N)=O. The molecule has 0 fully saturated rings. The van der Waals surface area contributed by atoms with E-state index in [9.17, 15) is 14.4 Å². The number of carbonyl (C=O) groups is 3. The van der Waals surface area contributed by atoms with Gasteiger partial charge in [0.05, 0.1) is 13.0 Å². The Morgan fingerprint density at radius 2 is 1.83 bits per heavy atom. The van der Waals surface area contributed by atoms with Crippen molar-refractivity contribution < 1.29 is 23.9 Å². The van der Waals surface area contributed by atoms with Gasteiger partial charge in [0.2, 0.25) is 5.91 Å². The summed E-state index contributed by atoms with van der Waals surface area (Å²) in [4.78, 5) is 35.7. The largest absolute Gasteiger partial charge is 0.466 e. The second-order valence-corrected chi connectivity index (χ2v) is 5.40. The van der Waals surface area contributed by atoms with Gasteiger partial charge in [-0.3, -0.25) is 14.4 Å². The van der Waals surface area contributed by atoms with Gasteiger partial charge in [-0.1, -0.05) is 37.3 Å². The minimum Gasteiger partial charge on any atom is -0.466 e. The Labute approximate surface area is 141 Å². The lowest BCUT2D eigenvalue weighted by Crippen LogP contribution is -2.50. The van der Waals surface area contributed by atoms with Crippen LogP contribution in [-0.4, -0.2) is 37.5 Å². The molecule has 7 nitrogen and oxygen atoms in total. The zero-order valence-electron chi connectivity index (χ0n) is 14.2. The number of nitrogens with one attached hydrogen (secondary N) is 1. The van der Waals surface area contributed by atoms with E-state index in [1.807, 2.05) is 6.07 Å². The number of carbonyl (C=O) groups excluding carboxylic acids is 3. The molecule has 0 saturated heterocycles. The molecule has 0 saturated carbocycles. The number of methoxy groups -OCH3 is 1. The van der Waals surface area contributed by atoms with E-state index in [4.69, 9.17) is 15.2 Å². The number of benzene rings is 1. The van der Waals surface area contributed by atoms with Gasteiger partial charge in [0, 0.05) is 7.11 Å². The van der Waals surface area contributed by atoms with Gasteiger partial charge in [-0.2, -0.15) is 0 Å². The van der Waals surface area contributed by atoms with Crippen molar-refractivity contribution in [3.63, 3.8) is 0 Å². The molecule has 1 rings (SSSR count). The number of rotatable bonds is 9. The van der Waals surface area contributed by atoms with Crippen molar-refractivity contribution >= 4 is 17.8 Å². The lowest BCUT2D eigenvalue weighted by Gasteiger charge is -2.24. The van der Waals surface area contributed by atoms with Crippen LogP contribution in [0.25, 0.3) is 0 Å². The highest BCUT2D eigenvalue weighted by Crippen LogP contribution is 2.18. The van der Waals surface area contributed by atoms with Crippen LogP contribution in [0.4, 0.5) is 0 Å². The Balaban J connectivity index is 2.81. The summed E-state index contributed by atoms with van der Waals surface area (Å²) in [5.74, 6) is -2.16. The molecule has 0 aromatic heterocycles. The maximum absolute atomic E-state index is 12.4. The summed E-state index contributed by atoms with van der Waals surface area (Å²) in [6.45, 7) is 3.59. The first-order valence-corrected chi connectivity index (χ1v) is 7.73. The van der Waals surface area contributed by atoms with Gasteiger partial charge < -0.3 is 20.5 Å². The quantitative estimate of drug-likeness (QED) is 0.652. The predicted octanol–water partition coefficient (Wildman–Crippen LogP) is 0.933. The van der Waals surface area contributed by atoms with E-state index < -0.39 is 35.8 Å². The third-order valence-electron chi connectivity index (χ3n) is 3.54. The Hall–Kier alpha value is -2.41. The van der Waals surface area contributed by atoms with Crippen molar-refractivity contribution in [3.05, 3.63) is 35.9 Å². The minimum absolute atomic E-state index is 0.0231. The molecule has 1 aromatic carbocycles. The molecule has 3 N–H and O–H groups in total. The fraction of sp³-hybridized carbons (Fsp3) is 0.471. The molecule has 0 spiro atoms.